The lowest BCUT2D eigenvalue weighted by Gasteiger charge is -2.40. The summed E-state index contributed by atoms with van der Waals surface area (Å²) in [5, 5.41) is 39.9. The van der Waals surface area contributed by atoms with Gasteiger partial charge < -0.3 is 29.7 Å². The van der Waals surface area contributed by atoms with Crippen molar-refractivity contribution in [3.8, 4) is 0 Å². The number of rotatable bonds is 2. The van der Waals surface area contributed by atoms with Gasteiger partial charge in [-0.1, -0.05) is 18.2 Å². The highest BCUT2D eigenvalue weighted by Crippen LogP contribution is 2.31. The predicted molar refractivity (Wildman–Crippen MR) is 71.0 cm³/mol. The van der Waals surface area contributed by atoms with Gasteiger partial charge in [0.1, 0.15) is 24.4 Å². The van der Waals surface area contributed by atoms with E-state index in [-0.39, 0.29) is 0 Å². The van der Waals surface area contributed by atoms with Gasteiger partial charge in [-0.15, -0.1) is 0 Å². The molecule has 0 amide bonds. The van der Waals surface area contributed by atoms with E-state index in [0.29, 0.717) is 0 Å². The fraction of sp³-hybridized carbons (Fsp3) is 0.429. The first kappa shape index (κ1) is 13.5. The Morgan fingerprint density at radius 2 is 1.75 bits per heavy atom. The van der Waals surface area contributed by atoms with Gasteiger partial charge in [-0.3, -0.25) is 0 Å². The lowest BCUT2D eigenvalue weighted by molar-refractivity contribution is -0.250. The summed E-state index contributed by atoms with van der Waals surface area (Å²) < 4.78 is 7.23. The Kier molecular flexibility index (Phi) is 3.49. The van der Waals surface area contributed by atoms with E-state index in [9.17, 15) is 20.4 Å². The fourth-order valence-corrected chi connectivity index (χ4v) is 2.64. The Bertz CT molecular complexity index is 596. The zero-order chi connectivity index (χ0) is 14.3. The van der Waals surface area contributed by atoms with Crippen molar-refractivity contribution < 1.29 is 25.2 Å². The maximum Gasteiger partial charge on any atom is 0.163 e. The van der Waals surface area contributed by atoms with Gasteiger partial charge in [-0.05, 0) is 17.5 Å². The lowest BCUT2D eigenvalue weighted by atomic mass is 9.98. The minimum Gasteiger partial charge on any atom is -0.394 e. The minimum absolute atomic E-state index is 0.430. The maximum atomic E-state index is 10.1. The molecule has 1 aliphatic heterocycles. The van der Waals surface area contributed by atoms with Crippen LogP contribution in [0.25, 0.3) is 10.9 Å². The van der Waals surface area contributed by atoms with Crippen LogP contribution in [0.15, 0.2) is 36.5 Å². The van der Waals surface area contributed by atoms with E-state index in [2.05, 4.69) is 0 Å². The second kappa shape index (κ2) is 5.16. The van der Waals surface area contributed by atoms with E-state index in [4.69, 9.17) is 4.74 Å². The Morgan fingerprint density at radius 3 is 2.50 bits per heavy atom. The largest absolute Gasteiger partial charge is 0.394 e. The average Bonchev–Trinajstić information content (AvgIpc) is 2.89. The van der Waals surface area contributed by atoms with Crippen molar-refractivity contribution in [2.24, 2.45) is 0 Å². The quantitative estimate of drug-likeness (QED) is 0.601. The van der Waals surface area contributed by atoms with Gasteiger partial charge in [0.05, 0.1) is 12.1 Å². The van der Waals surface area contributed by atoms with Crippen LogP contribution in [0.5, 0.6) is 0 Å². The molecule has 2 heterocycles. The highest BCUT2D eigenvalue weighted by Gasteiger charge is 2.44. The number of aromatic nitrogens is 1. The molecular weight excluding hydrogens is 262 g/mol. The Morgan fingerprint density at radius 1 is 1.00 bits per heavy atom. The van der Waals surface area contributed by atoms with Crippen molar-refractivity contribution in [1.29, 1.82) is 0 Å². The first-order valence-electron chi connectivity index (χ1n) is 6.49. The number of hydrogen-bond acceptors (Lipinski definition) is 5. The molecule has 0 aliphatic carbocycles. The van der Waals surface area contributed by atoms with Gasteiger partial charge >= 0.3 is 0 Å². The summed E-state index contributed by atoms with van der Waals surface area (Å²) in [6, 6.07) is 9.44. The molecule has 1 aromatic carbocycles. The summed E-state index contributed by atoms with van der Waals surface area (Å²) in [6.45, 7) is -0.430. The molecule has 0 spiro atoms. The summed E-state index contributed by atoms with van der Waals surface area (Å²) in [7, 11) is 0. The number of hydrogen-bond donors (Lipinski definition) is 4. The highest BCUT2D eigenvalue weighted by atomic mass is 16.6. The molecule has 0 saturated carbocycles. The molecule has 108 valence electrons. The van der Waals surface area contributed by atoms with Crippen molar-refractivity contribution in [1.82, 2.24) is 4.57 Å². The zero-order valence-corrected chi connectivity index (χ0v) is 10.7. The monoisotopic (exact) mass is 279 g/mol. The Labute approximate surface area is 115 Å². The lowest BCUT2D eigenvalue weighted by Crippen LogP contribution is -2.56. The van der Waals surface area contributed by atoms with Crippen molar-refractivity contribution in [2.75, 3.05) is 6.61 Å². The smallest absolute Gasteiger partial charge is 0.163 e. The van der Waals surface area contributed by atoms with Crippen LogP contribution in [0, 0.1) is 0 Å². The minimum atomic E-state index is -1.37. The summed E-state index contributed by atoms with van der Waals surface area (Å²) in [4.78, 5) is 0. The van der Waals surface area contributed by atoms with Crippen molar-refractivity contribution in [3.05, 3.63) is 36.5 Å². The molecule has 20 heavy (non-hydrogen) atoms. The standard InChI is InChI=1S/C14H17NO5/c16-7-10-11(17)12(18)13(19)14(20-10)15-6-5-8-3-1-2-4-9(8)15/h1-6,10-14,16-19H,7H2/t10-,11+,12-,13-,14+/m0/s1. The molecule has 0 bridgehead atoms. The van der Waals surface area contributed by atoms with Gasteiger partial charge in [-0.2, -0.15) is 0 Å². The average molecular weight is 279 g/mol. The molecule has 3 rings (SSSR count). The van der Waals surface area contributed by atoms with Gasteiger partial charge in [0.15, 0.2) is 6.23 Å². The van der Waals surface area contributed by atoms with Crippen molar-refractivity contribution in [3.63, 3.8) is 0 Å². The summed E-state index contributed by atoms with van der Waals surface area (Å²) >= 11 is 0. The third kappa shape index (κ3) is 2.02. The number of ether oxygens (including phenoxy) is 1. The second-order valence-electron chi connectivity index (χ2n) is 5.00. The SMILES string of the molecule is OC[C@@H]1O[C@@H](n2ccc3ccccc32)[C@@H](O)[C@@H](O)[C@@H]1O. The second-order valence-corrected chi connectivity index (χ2v) is 5.00. The van der Waals surface area contributed by atoms with Crippen LogP contribution < -0.4 is 0 Å². The third-order valence-corrected chi connectivity index (χ3v) is 3.77. The Hall–Kier alpha value is -1.44. The number of nitrogens with zero attached hydrogens (tertiary/aromatic N) is 1. The normalized spacial score (nSPS) is 34.5. The van der Waals surface area contributed by atoms with Crippen LogP contribution in [0.1, 0.15) is 6.23 Å². The number of aliphatic hydroxyl groups excluding tert-OH is 4. The number of para-hydroxylation sites is 1. The number of benzene rings is 1. The third-order valence-electron chi connectivity index (χ3n) is 3.77. The summed E-state index contributed by atoms with van der Waals surface area (Å²) in [5.74, 6) is 0. The molecule has 6 nitrogen and oxygen atoms in total. The first-order chi connectivity index (χ1) is 9.63. The molecule has 2 aromatic rings. The van der Waals surface area contributed by atoms with Gasteiger partial charge in [0.2, 0.25) is 0 Å². The number of aliphatic hydroxyl groups is 4. The molecule has 4 N–H and O–H groups in total. The topological polar surface area (TPSA) is 95.1 Å². The van der Waals surface area contributed by atoms with Crippen LogP contribution in [0.4, 0.5) is 0 Å². The summed E-state index contributed by atoms with van der Waals surface area (Å²) in [6.07, 6.45) is -3.99. The van der Waals surface area contributed by atoms with Gasteiger partial charge in [0, 0.05) is 6.20 Å². The van der Waals surface area contributed by atoms with Crippen LogP contribution in [0.3, 0.4) is 0 Å². The van der Waals surface area contributed by atoms with Gasteiger partial charge in [-0.25, -0.2) is 0 Å². The maximum absolute atomic E-state index is 10.1. The fourth-order valence-electron chi connectivity index (χ4n) is 2.64. The van der Waals surface area contributed by atoms with E-state index < -0.39 is 37.3 Å². The van der Waals surface area contributed by atoms with E-state index in [1.54, 1.807) is 10.8 Å². The molecule has 1 aromatic heterocycles. The summed E-state index contributed by atoms with van der Waals surface area (Å²) in [5.41, 5.74) is 0.844. The zero-order valence-electron chi connectivity index (χ0n) is 10.7. The molecule has 1 fully saturated rings. The van der Waals surface area contributed by atoms with Gasteiger partial charge in [0.25, 0.3) is 0 Å². The molecule has 1 saturated heterocycles. The van der Waals surface area contributed by atoms with E-state index >= 15 is 0 Å². The molecule has 5 atom stereocenters. The Balaban J connectivity index is 2.00. The first-order valence-corrected chi connectivity index (χ1v) is 6.49. The van der Waals surface area contributed by atoms with Crippen LogP contribution in [-0.2, 0) is 4.74 Å². The van der Waals surface area contributed by atoms with E-state index in [1.807, 2.05) is 30.3 Å². The predicted octanol–water partition coefficient (Wildman–Crippen LogP) is -0.386. The van der Waals surface area contributed by atoms with Crippen molar-refractivity contribution >= 4 is 10.9 Å². The highest BCUT2D eigenvalue weighted by molar-refractivity contribution is 5.80. The molecule has 1 aliphatic rings. The van der Waals surface area contributed by atoms with Crippen LogP contribution in [-0.4, -0.2) is 56.0 Å². The molecule has 0 unspecified atom stereocenters. The number of fused-ring (bicyclic) bond motifs is 1. The van der Waals surface area contributed by atoms with Crippen LogP contribution in [0.2, 0.25) is 0 Å². The van der Waals surface area contributed by atoms with E-state index in [1.165, 1.54) is 0 Å². The molecular formula is C14H17NO5. The van der Waals surface area contributed by atoms with E-state index in [0.717, 1.165) is 10.9 Å². The van der Waals surface area contributed by atoms with Crippen molar-refractivity contribution in [2.45, 2.75) is 30.6 Å². The molecule has 0 radical (unpaired) electrons. The van der Waals surface area contributed by atoms with Crippen LogP contribution >= 0.6 is 0 Å². The molecule has 6 heteroatoms.